The number of urea groups is 1. The highest BCUT2D eigenvalue weighted by atomic mass is 16.3. The lowest BCUT2D eigenvalue weighted by Crippen LogP contribution is -2.50. The first-order chi connectivity index (χ1) is 16.4. The minimum atomic E-state index is -1.07. The molecule has 0 radical (unpaired) electrons. The average Bonchev–Trinajstić information content (AvgIpc) is 3.60. The third-order valence-corrected chi connectivity index (χ3v) is 6.55. The molecular weight excluding hydrogens is 438 g/mol. The Bertz CT molecular complexity index is 1280. The largest absolute Gasteiger partial charge is 0.388 e. The molecule has 0 bridgehead atoms. The first kappa shape index (κ1) is 22.1. The van der Waals surface area contributed by atoms with E-state index in [2.05, 4.69) is 20.7 Å². The van der Waals surface area contributed by atoms with Gasteiger partial charge in [0.05, 0.1) is 24.0 Å². The van der Waals surface area contributed by atoms with E-state index < -0.39 is 5.60 Å². The summed E-state index contributed by atoms with van der Waals surface area (Å²) < 4.78 is 2.98. The van der Waals surface area contributed by atoms with Gasteiger partial charge >= 0.3 is 6.03 Å². The zero-order valence-electron chi connectivity index (χ0n) is 18.9. The predicted molar refractivity (Wildman–Crippen MR) is 125 cm³/mol. The standard InChI is InChI=1S/C23H27N7O4/c1-24-22(33)27-16-4-6-17(7-5-16)30-19-18(12-26-30)21(32)29(14-25-19)13-23(34)8-10-28(11-9-23)20(31)15-2-3-15/h4-7,12,14-15,34H,2-3,8-11,13H2,1H3,(H2,24,27,33). The molecule has 2 fully saturated rings. The van der Waals surface area contributed by atoms with E-state index in [1.807, 2.05) is 4.90 Å². The molecule has 178 valence electrons. The Morgan fingerprint density at radius 1 is 1.18 bits per heavy atom. The Morgan fingerprint density at radius 3 is 2.53 bits per heavy atom. The van der Waals surface area contributed by atoms with Gasteiger partial charge in [-0.05, 0) is 49.9 Å². The molecule has 3 N–H and O–H groups in total. The number of rotatable bonds is 5. The summed E-state index contributed by atoms with van der Waals surface area (Å²) in [5, 5.41) is 20.9. The summed E-state index contributed by atoms with van der Waals surface area (Å²) >= 11 is 0. The fourth-order valence-electron chi connectivity index (χ4n) is 4.34. The number of nitrogens with one attached hydrogen (secondary N) is 2. The Balaban J connectivity index is 1.32. The van der Waals surface area contributed by atoms with Gasteiger partial charge in [0.1, 0.15) is 11.7 Å². The van der Waals surface area contributed by atoms with Crippen LogP contribution in [0, 0.1) is 5.92 Å². The third-order valence-electron chi connectivity index (χ3n) is 6.55. The SMILES string of the molecule is CNC(=O)Nc1ccc(-n2ncc3c(=O)n(CC4(O)CCN(C(=O)C5CC5)CC4)cnc32)cc1. The van der Waals surface area contributed by atoms with Crippen molar-refractivity contribution in [3.63, 3.8) is 0 Å². The molecule has 11 nitrogen and oxygen atoms in total. The summed E-state index contributed by atoms with van der Waals surface area (Å²) in [5.41, 5.74) is 0.369. The zero-order chi connectivity index (χ0) is 23.9. The zero-order valence-corrected chi connectivity index (χ0v) is 18.9. The Hall–Kier alpha value is -3.73. The number of amides is 3. The van der Waals surface area contributed by atoms with Gasteiger partial charge in [0.15, 0.2) is 5.65 Å². The maximum absolute atomic E-state index is 13.1. The molecule has 2 aliphatic rings. The number of aromatic nitrogens is 4. The van der Waals surface area contributed by atoms with Crippen LogP contribution in [0.2, 0.25) is 0 Å². The molecule has 1 aliphatic heterocycles. The van der Waals surface area contributed by atoms with Crippen LogP contribution < -0.4 is 16.2 Å². The van der Waals surface area contributed by atoms with Crippen molar-refractivity contribution < 1.29 is 14.7 Å². The van der Waals surface area contributed by atoms with Gasteiger partial charge in [-0.25, -0.2) is 14.5 Å². The molecule has 1 aliphatic carbocycles. The van der Waals surface area contributed by atoms with Gasteiger partial charge in [0, 0.05) is 31.7 Å². The van der Waals surface area contributed by atoms with Crippen molar-refractivity contribution in [1.29, 1.82) is 0 Å². The van der Waals surface area contributed by atoms with Gasteiger partial charge in [-0.3, -0.25) is 14.2 Å². The van der Waals surface area contributed by atoms with Crippen molar-refractivity contribution in [2.75, 3.05) is 25.5 Å². The smallest absolute Gasteiger partial charge is 0.318 e. The van der Waals surface area contributed by atoms with Gasteiger partial charge in [-0.2, -0.15) is 5.10 Å². The fraction of sp³-hybridized carbons (Fsp3) is 0.435. The molecule has 0 spiro atoms. The molecule has 1 saturated carbocycles. The highest BCUT2D eigenvalue weighted by molar-refractivity contribution is 5.89. The van der Waals surface area contributed by atoms with Crippen molar-refractivity contribution in [3.8, 4) is 5.69 Å². The number of anilines is 1. The third kappa shape index (κ3) is 4.26. The molecular formula is C23H27N7O4. The molecule has 2 aromatic heterocycles. The van der Waals surface area contributed by atoms with Gasteiger partial charge in [0.2, 0.25) is 5.91 Å². The maximum Gasteiger partial charge on any atom is 0.318 e. The summed E-state index contributed by atoms with van der Waals surface area (Å²) in [6.45, 7) is 1.11. The minimum Gasteiger partial charge on any atom is -0.388 e. The molecule has 5 rings (SSSR count). The molecule has 3 heterocycles. The van der Waals surface area contributed by atoms with Gasteiger partial charge in [-0.1, -0.05) is 0 Å². The second-order valence-electron chi connectivity index (χ2n) is 9.05. The number of hydrogen-bond acceptors (Lipinski definition) is 6. The van der Waals surface area contributed by atoms with Crippen LogP contribution >= 0.6 is 0 Å². The topological polar surface area (TPSA) is 134 Å². The van der Waals surface area contributed by atoms with E-state index in [0.29, 0.717) is 48.3 Å². The van der Waals surface area contributed by atoms with Crippen molar-refractivity contribution in [2.24, 2.45) is 5.92 Å². The van der Waals surface area contributed by atoms with E-state index in [1.165, 1.54) is 24.1 Å². The lowest BCUT2D eigenvalue weighted by atomic mass is 9.91. The van der Waals surface area contributed by atoms with E-state index in [0.717, 1.165) is 12.8 Å². The number of nitrogens with zero attached hydrogens (tertiary/aromatic N) is 5. The number of hydrogen-bond donors (Lipinski definition) is 3. The van der Waals surface area contributed by atoms with Crippen molar-refractivity contribution in [2.45, 2.75) is 37.8 Å². The second-order valence-corrected chi connectivity index (χ2v) is 9.05. The van der Waals surface area contributed by atoms with Crippen LogP contribution in [0.3, 0.4) is 0 Å². The monoisotopic (exact) mass is 465 g/mol. The summed E-state index contributed by atoms with van der Waals surface area (Å²) in [7, 11) is 1.54. The number of benzene rings is 1. The molecule has 3 amide bonds. The van der Waals surface area contributed by atoms with Crippen molar-refractivity contribution >= 4 is 28.7 Å². The normalized spacial score (nSPS) is 17.5. The summed E-state index contributed by atoms with van der Waals surface area (Å²) in [6, 6.07) is 6.68. The van der Waals surface area contributed by atoms with Crippen LogP contribution in [0.1, 0.15) is 25.7 Å². The highest BCUT2D eigenvalue weighted by Crippen LogP contribution is 2.33. The maximum atomic E-state index is 13.1. The molecule has 0 atom stereocenters. The highest BCUT2D eigenvalue weighted by Gasteiger charge is 2.39. The quantitative estimate of drug-likeness (QED) is 0.517. The lowest BCUT2D eigenvalue weighted by molar-refractivity contribution is -0.137. The number of carbonyl (C=O) groups is 2. The van der Waals surface area contributed by atoms with Crippen LogP contribution in [-0.4, -0.2) is 67.0 Å². The number of fused-ring (bicyclic) bond motifs is 1. The van der Waals surface area contributed by atoms with Gasteiger partial charge in [0.25, 0.3) is 5.56 Å². The number of carbonyl (C=O) groups excluding carboxylic acids is 2. The first-order valence-corrected chi connectivity index (χ1v) is 11.4. The van der Waals surface area contributed by atoms with Gasteiger partial charge in [-0.15, -0.1) is 0 Å². The molecule has 0 unspecified atom stereocenters. The minimum absolute atomic E-state index is 0.116. The van der Waals surface area contributed by atoms with Crippen LogP contribution in [0.4, 0.5) is 10.5 Å². The Kier molecular flexibility index (Phi) is 5.56. The lowest BCUT2D eigenvalue weighted by Gasteiger charge is -2.38. The van der Waals surface area contributed by atoms with Crippen LogP contribution in [0.25, 0.3) is 16.7 Å². The predicted octanol–water partition coefficient (Wildman–Crippen LogP) is 1.10. The Labute approximate surface area is 195 Å². The molecule has 3 aromatic rings. The fourth-order valence-corrected chi connectivity index (χ4v) is 4.34. The number of likely N-dealkylation sites (tertiary alicyclic amines) is 1. The molecule has 11 heteroatoms. The van der Waals surface area contributed by atoms with E-state index in [9.17, 15) is 19.5 Å². The molecule has 34 heavy (non-hydrogen) atoms. The van der Waals surface area contributed by atoms with E-state index in [4.69, 9.17) is 0 Å². The van der Waals surface area contributed by atoms with Crippen LogP contribution in [0.15, 0.2) is 41.6 Å². The summed E-state index contributed by atoms with van der Waals surface area (Å²) in [4.78, 5) is 43.1. The summed E-state index contributed by atoms with van der Waals surface area (Å²) in [5.74, 6) is 0.354. The van der Waals surface area contributed by atoms with Crippen LogP contribution in [0.5, 0.6) is 0 Å². The van der Waals surface area contributed by atoms with E-state index in [1.54, 1.807) is 28.9 Å². The second kappa shape index (κ2) is 8.56. The Morgan fingerprint density at radius 2 is 1.88 bits per heavy atom. The molecule has 1 aromatic carbocycles. The van der Waals surface area contributed by atoms with E-state index in [-0.39, 0.29) is 30.0 Å². The number of aliphatic hydroxyl groups is 1. The average molecular weight is 466 g/mol. The molecule has 1 saturated heterocycles. The van der Waals surface area contributed by atoms with Gasteiger partial charge < -0.3 is 20.6 Å². The van der Waals surface area contributed by atoms with Crippen molar-refractivity contribution in [1.82, 2.24) is 29.5 Å². The number of piperidine rings is 1. The summed E-state index contributed by atoms with van der Waals surface area (Å²) in [6.07, 6.45) is 5.68. The van der Waals surface area contributed by atoms with Crippen LogP contribution in [-0.2, 0) is 11.3 Å². The van der Waals surface area contributed by atoms with E-state index >= 15 is 0 Å². The van der Waals surface area contributed by atoms with Crippen molar-refractivity contribution in [3.05, 3.63) is 47.1 Å². The first-order valence-electron chi connectivity index (χ1n) is 11.4.